The molecular formula is C21H21BrF2N2O2. The van der Waals surface area contributed by atoms with Gasteiger partial charge in [-0.15, -0.1) is 0 Å². The lowest BCUT2D eigenvalue weighted by Gasteiger charge is -2.31. The van der Waals surface area contributed by atoms with Crippen molar-refractivity contribution in [3.8, 4) is 0 Å². The van der Waals surface area contributed by atoms with Crippen molar-refractivity contribution in [2.75, 3.05) is 19.6 Å². The Bertz CT molecular complexity index is 879. The molecular weight excluding hydrogens is 430 g/mol. The van der Waals surface area contributed by atoms with Gasteiger partial charge < -0.3 is 10.6 Å². The molecule has 0 aromatic heterocycles. The van der Waals surface area contributed by atoms with E-state index in [4.69, 9.17) is 5.73 Å². The van der Waals surface area contributed by atoms with Gasteiger partial charge in [0.2, 0.25) is 5.91 Å². The van der Waals surface area contributed by atoms with Gasteiger partial charge in [0.15, 0.2) is 5.78 Å². The van der Waals surface area contributed by atoms with Crippen LogP contribution in [0.15, 0.2) is 40.9 Å². The summed E-state index contributed by atoms with van der Waals surface area (Å²) in [5.74, 6) is -1.40. The Morgan fingerprint density at radius 2 is 1.71 bits per heavy atom. The third-order valence-electron chi connectivity index (χ3n) is 5.23. The number of primary amides is 1. The Labute approximate surface area is 170 Å². The number of halogens is 3. The van der Waals surface area contributed by atoms with E-state index < -0.39 is 11.7 Å². The zero-order chi connectivity index (χ0) is 20.3. The molecule has 0 radical (unpaired) electrons. The molecule has 0 saturated carbocycles. The number of carbonyl (C=O) groups is 2. The maximum Gasteiger partial charge on any atom is 0.249 e. The van der Waals surface area contributed by atoms with Gasteiger partial charge in [-0.25, -0.2) is 8.78 Å². The fourth-order valence-electron chi connectivity index (χ4n) is 3.61. The molecule has 4 nitrogen and oxygen atoms in total. The molecule has 148 valence electrons. The lowest BCUT2D eigenvalue weighted by molar-refractivity contribution is 0.0840. The van der Waals surface area contributed by atoms with Crippen LogP contribution < -0.4 is 5.73 Å². The van der Waals surface area contributed by atoms with Crippen molar-refractivity contribution in [3.05, 3.63) is 69.2 Å². The highest BCUT2D eigenvalue weighted by Crippen LogP contribution is 2.26. The van der Waals surface area contributed by atoms with E-state index in [-0.39, 0.29) is 22.0 Å². The predicted octanol–water partition coefficient (Wildman–Crippen LogP) is 3.96. The molecule has 2 aromatic carbocycles. The van der Waals surface area contributed by atoms with Gasteiger partial charge in [-0.05, 0) is 90.2 Å². The van der Waals surface area contributed by atoms with Crippen LogP contribution in [0, 0.1) is 17.6 Å². The van der Waals surface area contributed by atoms with E-state index in [9.17, 15) is 18.4 Å². The van der Waals surface area contributed by atoms with Gasteiger partial charge in [0, 0.05) is 23.6 Å². The lowest BCUT2D eigenvalue weighted by atomic mass is 9.88. The topological polar surface area (TPSA) is 63.4 Å². The summed E-state index contributed by atoms with van der Waals surface area (Å²) in [5, 5.41) is 0. The number of hydrogen-bond acceptors (Lipinski definition) is 3. The summed E-state index contributed by atoms with van der Waals surface area (Å²) in [6, 6.07) is 8.28. The highest BCUT2D eigenvalue weighted by atomic mass is 79.9. The van der Waals surface area contributed by atoms with Crippen molar-refractivity contribution in [3.63, 3.8) is 0 Å². The van der Waals surface area contributed by atoms with Crippen molar-refractivity contribution >= 4 is 27.6 Å². The minimum absolute atomic E-state index is 0.0449. The quantitative estimate of drug-likeness (QED) is 0.677. The van der Waals surface area contributed by atoms with Gasteiger partial charge in [-0.3, -0.25) is 9.59 Å². The van der Waals surface area contributed by atoms with Crippen LogP contribution in [0.3, 0.4) is 0 Å². The molecule has 2 N–H and O–H groups in total. The van der Waals surface area contributed by atoms with E-state index >= 15 is 0 Å². The number of benzene rings is 2. The number of carbonyl (C=O) groups excluding carboxylic acids is 2. The van der Waals surface area contributed by atoms with E-state index in [1.54, 1.807) is 0 Å². The maximum atomic E-state index is 13.8. The summed E-state index contributed by atoms with van der Waals surface area (Å²) in [5.41, 5.74) is 6.82. The monoisotopic (exact) mass is 450 g/mol. The van der Waals surface area contributed by atoms with E-state index in [1.807, 2.05) is 0 Å². The van der Waals surface area contributed by atoms with Gasteiger partial charge >= 0.3 is 0 Å². The first-order valence-electron chi connectivity index (χ1n) is 9.15. The summed E-state index contributed by atoms with van der Waals surface area (Å²) in [7, 11) is 0. The van der Waals surface area contributed by atoms with Gasteiger partial charge in [0.25, 0.3) is 0 Å². The van der Waals surface area contributed by atoms with Gasteiger partial charge in [0.05, 0.1) is 4.47 Å². The molecule has 3 rings (SSSR count). The Morgan fingerprint density at radius 3 is 2.32 bits per heavy atom. The molecule has 0 unspecified atom stereocenters. The minimum Gasteiger partial charge on any atom is -0.366 e. The number of nitrogens with zero attached hydrogens (tertiary/aromatic N) is 1. The van der Waals surface area contributed by atoms with Crippen LogP contribution >= 0.6 is 15.9 Å². The summed E-state index contributed by atoms with van der Waals surface area (Å²) in [6.07, 6.45) is 1.90. The fourth-order valence-corrected chi connectivity index (χ4v) is 4.15. The predicted molar refractivity (Wildman–Crippen MR) is 106 cm³/mol. The van der Waals surface area contributed by atoms with Crippen molar-refractivity contribution in [2.24, 2.45) is 11.7 Å². The Balaban J connectivity index is 1.58. The molecule has 1 aliphatic heterocycles. The zero-order valence-corrected chi connectivity index (χ0v) is 16.8. The summed E-state index contributed by atoms with van der Waals surface area (Å²) in [6.45, 7) is 2.10. The third-order valence-corrected chi connectivity index (χ3v) is 6.08. The number of piperidine rings is 1. The molecule has 2 aromatic rings. The number of hydrogen-bond donors (Lipinski definition) is 1. The Morgan fingerprint density at radius 1 is 1.07 bits per heavy atom. The largest absolute Gasteiger partial charge is 0.366 e. The van der Waals surface area contributed by atoms with E-state index in [1.165, 1.54) is 36.4 Å². The number of likely N-dealkylation sites (tertiary alicyclic amines) is 1. The minimum atomic E-state index is -0.584. The van der Waals surface area contributed by atoms with Crippen LogP contribution in [0.4, 0.5) is 8.78 Å². The van der Waals surface area contributed by atoms with E-state index in [2.05, 4.69) is 20.8 Å². The van der Waals surface area contributed by atoms with Crippen molar-refractivity contribution in [1.29, 1.82) is 0 Å². The molecule has 7 heteroatoms. The summed E-state index contributed by atoms with van der Waals surface area (Å²) in [4.78, 5) is 26.4. The number of Topliss-reactive ketones (excluding diaryl/α,β-unsaturated/α-hetero) is 1. The molecule has 1 heterocycles. The normalized spacial score (nSPS) is 15.5. The maximum absolute atomic E-state index is 13.8. The average Bonchev–Trinajstić information content (AvgIpc) is 2.69. The van der Waals surface area contributed by atoms with Crippen molar-refractivity contribution in [1.82, 2.24) is 4.90 Å². The molecule has 0 aliphatic carbocycles. The fraction of sp³-hybridized carbons (Fsp3) is 0.333. The molecule has 1 fully saturated rings. The van der Waals surface area contributed by atoms with Crippen LogP contribution in [0.2, 0.25) is 0 Å². The lowest BCUT2D eigenvalue weighted by Crippen LogP contribution is -2.37. The Kier molecular flexibility index (Phi) is 6.57. The molecule has 0 bridgehead atoms. The third kappa shape index (κ3) is 4.64. The van der Waals surface area contributed by atoms with Crippen LogP contribution in [-0.2, 0) is 6.42 Å². The number of nitrogens with two attached hydrogens (primary N) is 1. The second kappa shape index (κ2) is 8.92. The van der Waals surface area contributed by atoms with Gasteiger partial charge in [0.1, 0.15) is 11.6 Å². The van der Waals surface area contributed by atoms with Gasteiger partial charge in [-0.2, -0.15) is 0 Å². The molecule has 0 atom stereocenters. The molecule has 0 spiro atoms. The first kappa shape index (κ1) is 20.6. The Hall–Kier alpha value is -2.12. The van der Waals surface area contributed by atoms with Crippen LogP contribution in [-0.4, -0.2) is 36.2 Å². The first-order valence-corrected chi connectivity index (χ1v) is 9.95. The number of amides is 1. The SMILES string of the molecule is NC(=O)c1ccc(F)c(Br)c1CCN1CCC(C(=O)c2ccc(F)cc2)CC1. The van der Waals surface area contributed by atoms with E-state index in [0.29, 0.717) is 42.5 Å². The highest BCUT2D eigenvalue weighted by Gasteiger charge is 2.26. The van der Waals surface area contributed by atoms with Crippen LogP contribution in [0.5, 0.6) is 0 Å². The van der Waals surface area contributed by atoms with Crippen LogP contribution in [0.1, 0.15) is 39.1 Å². The standard InChI is InChI=1S/C21H21BrF2N2O2/c22-19-16(17(21(25)28)5-6-18(19)24)9-12-26-10-7-14(8-11-26)20(27)13-1-3-15(23)4-2-13/h1-6,14H,7-12H2,(H2,25,28). The highest BCUT2D eigenvalue weighted by molar-refractivity contribution is 9.10. The number of ketones is 1. The van der Waals surface area contributed by atoms with Crippen molar-refractivity contribution in [2.45, 2.75) is 19.3 Å². The molecule has 28 heavy (non-hydrogen) atoms. The summed E-state index contributed by atoms with van der Waals surface area (Å²) >= 11 is 3.21. The zero-order valence-electron chi connectivity index (χ0n) is 15.3. The molecule has 1 amide bonds. The molecule has 1 aliphatic rings. The van der Waals surface area contributed by atoms with Gasteiger partial charge in [-0.1, -0.05) is 0 Å². The van der Waals surface area contributed by atoms with Crippen LogP contribution in [0.25, 0.3) is 0 Å². The number of rotatable bonds is 6. The smallest absolute Gasteiger partial charge is 0.249 e. The summed E-state index contributed by atoms with van der Waals surface area (Å²) < 4.78 is 27.1. The molecule has 1 saturated heterocycles. The van der Waals surface area contributed by atoms with Crippen molar-refractivity contribution < 1.29 is 18.4 Å². The first-order chi connectivity index (χ1) is 13.4. The van der Waals surface area contributed by atoms with E-state index in [0.717, 1.165) is 13.1 Å². The second-order valence-electron chi connectivity index (χ2n) is 6.99. The second-order valence-corrected chi connectivity index (χ2v) is 7.78. The average molecular weight is 451 g/mol.